The predicted molar refractivity (Wildman–Crippen MR) is 83.1 cm³/mol. The molecule has 1 amide bonds. The second-order valence-electron chi connectivity index (χ2n) is 5.67. The molecule has 1 fully saturated rings. The molecule has 0 bridgehead atoms. The van der Waals surface area contributed by atoms with Gasteiger partial charge in [-0.3, -0.25) is 9.48 Å². The van der Waals surface area contributed by atoms with Gasteiger partial charge in [-0.15, -0.1) is 0 Å². The number of nitrogens with zero attached hydrogens (tertiary/aromatic N) is 6. The van der Waals surface area contributed by atoms with Gasteiger partial charge in [0.15, 0.2) is 11.5 Å². The van der Waals surface area contributed by atoms with E-state index in [0.29, 0.717) is 24.4 Å². The van der Waals surface area contributed by atoms with Gasteiger partial charge in [0.25, 0.3) is 5.91 Å². The van der Waals surface area contributed by atoms with Crippen molar-refractivity contribution in [1.29, 1.82) is 0 Å². The lowest BCUT2D eigenvalue weighted by Gasteiger charge is -2.40. The van der Waals surface area contributed by atoms with E-state index >= 15 is 0 Å². The Bertz CT molecular complexity index is 876. The maximum Gasteiger partial charge on any atom is 0.269 e. The third-order valence-corrected chi connectivity index (χ3v) is 3.95. The maximum atomic E-state index is 12.3. The molecule has 0 saturated carbocycles. The minimum Gasteiger partial charge on any atom is -0.350 e. The number of aromatic nitrogens is 6. The summed E-state index contributed by atoms with van der Waals surface area (Å²) in [5.74, 6) is 0.710. The molecule has 9 nitrogen and oxygen atoms in total. The van der Waals surface area contributed by atoms with Crippen molar-refractivity contribution in [2.24, 2.45) is 7.05 Å². The Balaban J connectivity index is 1.43. The molecule has 0 unspecified atom stereocenters. The Morgan fingerprint density at radius 3 is 2.91 bits per heavy atom. The number of rotatable bonds is 3. The SMILES string of the molecule is Cc1cc(C(=O)NC2CN(c3ncnc4nc[nH]c34)C2)n(C)n1. The van der Waals surface area contributed by atoms with E-state index in [1.807, 2.05) is 6.92 Å². The number of fused-ring (bicyclic) bond motifs is 1. The fourth-order valence-electron chi connectivity index (χ4n) is 2.82. The summed E-state index contributed by atoms with van der Waals surface area (Å²) in [4.78, 5) is 29.9. The van der Waals surface area contributed by atoms with E-state index < -0.39 is 0 Å². The first-order chi connectivity index (χ1) is 11.1. The number of aryl methyl sites for hydroxylation is 2. The smallest absolute Gasteiger partial charge is 0.269 e. The van der Waals surface area contributed by atoms with Crippen molar-refractivity contribution in [2.45, 2.75) is 13.0 Å². The lowest BCUT2D eigenvalue weighted by Crippen LogP contribution is -2.60. The van der Waals surface area contributed by atoms with Crippen LogP contribution in [0.5, 0.6) is 0 Å². The van der Waals surface area contributed by atoms with Crippen LogP contribution < -0.4 is 10.2 Å². The molecule has 0 radical (unpaired) electrons. The number of hydrogen-bond acceptors (Lipinski definition) is 6. The van der Waals surface area contributed by atoms with E-state index in [-0.39, 0.29) is 11.9 Å². The molecular formula is C14H16N8O. The maximum absolute atomic E-state index is 12.3. The number of carbonyl (C=O) groups is 1. The number of hydrogen-bond donors (Lipinski definition) is 2. The highest BCUT2D eigenvalue weighted by molar-refractivity contribution is 5.93. The number of carbonyl (C=O) groups excluding carboxylic acids is 1. The van der Waals surface area contributed by atoms with E-state index in [1.165, 1.54) is 6.33 Å². The van der Waals surface area contributed by atoms with Crippen LogP contribution in [0.15, 0.2) is 18.7 Å². The Kier molecular flexibility index (Phi) is 3.00. The minimum atomic E-state index is -0.105. The Morgan fingerprint density at radius 2 is 2.17 bits per heavy atom. The van der Waals surface area contributed by atoms with E-state index in [1.54, 1.807) is 24.1 Å². The van der Waals surface area contributed by atoms with Crippen molar-refractivity contribution in [1.82, 2.24) is 35.0 Å². The molecule has 0 aliphatic carbocycles. The topological polar surface area (TPSA) is 105 Å². The number of imidazole rings is 1. The third kappa shape index (κ3) is 2.30. The highest BCUT2D eigenvalue weighted by Crippen LogP contribution is 2.24. The van der Waals surface area contributed by atoms with E-state index in [2.05, 4.69) is 35.3 Å². The van der Waals surface area contributed by atoms with Crippen LogP contribution in [0.3, 0.4) is 0 Å². The lowest BCUT2D eigenvalue weighted by molar-refractivity contribution is 0.0920. The second kappa shape index (κ2) is 5.04. The van der Waals surface area contributed by atoms with E-state index in [9.17, 15) is 4.79 Å². The summed E-state index contributed by atoms with van der Waals surface area (Å²) in [5.41, 5.74) is 2.86. The molecular weight excluding hydrogens is 296 g/mol. The van der Waals surface area contributed by atoms with Gasteiger partial charge in [-0.25, -0.2) is 15.0 Å². The monoisotopic (exact) mass is 312 g/mol. The quantitative estimate of drug-likeness (QED) is 0.706. The molecule has 2 N–H and O–H groups in total. The zero-order valence-electron chi connectivity index (χ0n) is 12.8. The molecule has 1 aliphatic heterocycles. The Morgan fingerprint density at radius 1 is 1.35 bits per heavy atom. The molecule has 0 atom stereocenters. The van der Waals surface area contributed by atoms with Crippen LogP contribution in [0.25, 0.3) is 11.2 Å². The summed E-state index contributed by atoms with van der Waals surface area (Å²) in [7, 11) is 1.77. The van der Waals surface area contributed by atoms with Crippen LogP contribution in [0, 0.1) is 6.92 Å². The molecule has 4 heterocycles. The number of amides is 1. The number of aromatic amines is 1. The molecule has 23 heavy (non-hydrogen) atoms. The van der Waals surface area contributed by atoms with Gasteiger partial charge in [0.2, 0.25) is 0 Å². The summed E-state index contributed by atoms with van der Waals surface area (Å²) in [6.45, 7) is 3.27. The number of nitrogens with one attached hydrogen (secondary N) is 2. The van der Waals surface area contributed by atoms with Crippen molar-refractivity contribution < 1.29 is 4.79 Å². The zero-order valence-corrected chi connectivity index (χ0v) is 12.8. The summed E-state index contributed by atoms with van der Waals surface area (Å²) in [6.07, 6.45) is 3.11. The number of anilines is 1. The van der Waals surface area contributed by atoms with Crippen molar-refractivity contribution >= 4 is 22.9 Å². The van der Waals surface area contributed by atoms with Crippen molar-refractivity contribution in [3.8, 4) is 0 Å². The lowest BCUT2D eigenvalue weighted by atomic mass is 10.1. The first-order valence-electron chi connectivity index (χ1n) is 7.32. The molecule has 1 aliphatic rings. The Labute approximate surface area is 131 Å². The molecule has 1 saturated heterocycles. The largest absolute Gasteiger partial charge is 0.350 e. The predicted octanol–water partition coefficient (Wildman–Crippen LogP) is 0.0134. The first-order valence-corrected chi connectivity index (χ1v) is 7.32. The van der Waals surface area contributed by atoms with Gasteiger partial charge in [-0.1, -0.05) is 0 Å². The van der Waals surface area contributed by atoms with Gasteiger partial charge in [-0.2, -0.15) is 5.10 Å². The van der Waals surface area contributed by atoms with Crippen LogP contribution in [-0.2, 0) is 7.05 Å². The second-order valence-corrected chi connectivity index (χ2v) is 5.67. The van der Waals surface area contributed by atoms with E-state index in [4.69, 9.17) is 0 Å². The van der Waals surface area contributed by atoms with Crippen molar-refractivity contribution in [2.75, 3.05) is 18.0 Å². The van der Waals surface area contributed by atoms with Crippen molar-refractivity contribution in [3.05, 3.63) is 30.1 Å². The van der Waals surface area contributed by atoms with Crippen LogP contribution in [0.4, 0.5) is 5.82 Å². The zero-order chi connectivity index (χ0) is 16.0. The molecule has 9 heteroatoms. The molecule has 0 aromatic carbocycles. The number of H-pyrrole nitrogens is 1. The summed E-state index contributed by atoms with van der Waals surface area (Å²) in [5, 5.41) is 7.21. The normalized spacial score (nSPS) is 15.0. The van der Waals surface area contributed by atoms with Crippen LogP contribution in [-0.4, -0.2) is 54.8 Å². The van der Waals surface area contributed by atoms with Gasteiger partial charge >= 0.3 is 0 Å². The van der Waals surface area contributed by atoms with Gasteiger partial charge in [0, 0.05) is 20.1 Å². The fourth-order valence-corrected chi connectivity index (χ4v) is 2.82. The van der Waals surface area contributed by atoms with Gasteiger partial charge in [0.05, 0.1) is 18.1 Å². The molecule has 3 aromatic heterocycles. The Hall–Kier alpha value is -2.97. The third-order valence-electron chi connectivity index (χ3n) is 3.95. The van der Waals surface area contributed by atoms with Gasteiger partial charge < -0.3 is 15.2 Å². The average molecular weight is 312 g/mol. The van der Waals surface area contributed by atoms with Crippen molar-refractivity contribution in [3.63, 3.8) is 0 Å². The highest BCUT2D eigenvalue weighted by atomic mass is 16.2. The van der Waals surface area contributed by atoms with Crippen LogP contribution in [0.2, 0.25) is 0 Å². The van der Waals surface area contributed by atoms with Gasteiger partial charge in [-0.05, 0) is 13.0 Å². The molecule has 3 aromatic rings. The van der Waals surface area contributed by atoms with Crippen LogP contribution in [0.1, 0.15) is 16.2 Å². The van der Waals surface area contributed by atoms with Gasteiger partial charge in [0.1, 0.15) is 17.5 Å². The first kappa shape index (κ1) is 13.7. The average Bonchev–Trinajstić information content (AvgIpc) is 3.08. The fraction of sp³-hybridized carbons (Fsp3) is 0.357. The van der Waals surface area contributed by atoms with Crippen LogP contribution >= 0.6 is 0 Å². The summed E-state index contributed by atoms with van der Waals surface area (Å²) >= 11 is 0. The summed E-state index contributed by atoms with van der Waals surface area (Å²) in [6, 6.07) is 1.87. The molecule has 4 rings (SSSR count). The minimum absolute atomic E-state index is 0.0886. The van der Waals surface area contributed by atoms with E-state index in [0.717, 1.165) is 17.0 Å². The molecule has 118 valence electrons. The molecule has 0 spiro atoms. The summed E-state index contributed by atoms with van der Waals surface area (Å²) < 4.78 is 1.60. The standard InChI is InChI=1S/C14H16N8O/c1-8-3-10(21(2)20-8)14(23)19-9-4-22(5-9)13-11-12(16-6-15-11)17-7-18-13/h3,6-7,9H,4-5H2,1-2H3,(H,19,23)(H,15,16,17,18). The highest BCUT2D eigenvalue weighted by Gasteiger charge is 2.31.